The average Bonchev–Trinajstić information content (AvgIpc) is 3.18. The molecular weight excluding hydrogens is 306 g/mol. The Kier molecular flexibility index (Phi) is 6.47. The van der Waals surface area contributed by atoms with Gasteiger partial charge in [-0.05, 0) is 32.9 Å². The van der Waals surface area contributed by atoms with Crippen molar-refractivity contribution in [1.82, 2.24) is 15.2 Å². The minimum Gasteiger partial charge on any atom is -0.391 e. The fourth-order valence-electron chi connectivity index (χ4n) is 1.84. The van der Waals surface area contributed by atoms with Crippen molar-refractivity contribution >= 4 is 29.0 Å². The van der Waals surface area contributed by atoms with Crippen LogP contribution in [0, 0.1) is 5.92 Å². The number of thioether (sulfide) groups is 1. The monoisotopic (exact) mass is 329 g/mol. The third-order valence-electron chi connectivity index (χ3n) is 3.31. The third kappa shape index (κ3) is 6.34. The number of aromatic nitrogens is 1. The molecule has 1 fully saturated rings. The summed E-state index contributed by atoms with van der Waals surface area (Å²) in [5.74, 6) is 1.33. The maximum atomic E-state index is 11.8. The molecule has 0 saturated heterocycles. The lowest BCUT2D eigenvalue weighted by atomic mass is 10.2. The van der Waals surface area contributed by atoms with Gasteiger partial charge in [-0.1, -0.05) is 11.8 Å². The molecule has 7 heteroatoms. The van der Waals surface area contributed by atoms with Crippen LogP contribution in [-0.4, -0.2) is 59.9 Å². The van der Waals surface area contributed by atoms with Gasteiger partial charge >= 0.3 is 0 Å². The van der Waals surface area contributed by atoms with E-state index in [1.54, 1.807) is 23.1 Å². The molecule has 1 aliphatic rings. The highest BCUT2D eigenvalue weighted by molar-refractivity contribution is 8.01. The van der Waals surface area contributed by atoms with E-state index in [2.05, 4.69) is 15.2 Å². The first-order valence-electron chi connectivity index (χ1n) is 7.21. The number of carbonyl (C=O) groups is 1. The number of hydrogen-bond acceptors (Lipinski definition) is 6. The second-order valence-corrected chi connectivity index (χ2v) is 7.84. The number of nitrogens with one attached hydrogen (secondary N) is 1. The molecule has 21 heavy (non-hydrogen) atoms. The van der Waals surface area contributed by atoms with Gasteiger partial charge < -0.3 is 15.3 Å². The zero-order valence-corrected chi connectivity index (χ0v) is 14.2. The lowest BCUT2D eigenvalue weighted by Gasteiger charge is -2.09. The molecule has 0 aromatic carbocycles. The summed E-state index contributed by atoms with van der Waals surface area (Å²) in [6.45, 7) is 1.37. The fourth-order valence-corrected chi connectivity index (χ4v) is 3.87. The number of carbonyl (C=O) groups excluding carboxylic acids is 1. The topological polar surface area (TPSA) is 65.5 Å². The maximum Gasteiger partial charge on any atom is 0.226 e. The van der Waals surface area contributed by atoms with Crippen LogP contribution in [0.2, 0.25) is 0 Å². The van der Waals surface area contributed by atoms with Crippen molar-refractivity contribution in [1.29, 1.82) is 0 Å². The molecule has 1 saturated carbocycles. The van der Waals surface area contributed by atoms with Crippen LogP contribution in [0.3, 0.4) is 0 Å². The van der Waals surface area contributed by atoms with Crippen LogP contribution in [0.1, 0.15) is 18.5 Å². The van der Waals surface area contributed by atoms with Crippen LogP contribution in [0.25, 0.3) is 0 Å². The molecule has 1 aliphatic carbocycles. The Balaban J connectivity index is 1.67. The summed E-state index contributed by atoms with van der Waals surface area (Å²) >= 11 is 3.31. The van der Waals surface area contributed by atoms with Gasteiger partial charge in [0.15, 0.2) is 0 Å². The molecule has 2 N–H and O–H groups in total. The Morgan fingerprint density at radius 3 is 3.05 bits per heavy atom. The molecule has 5 nitrogen and oxygen atoms in total. The molecule has 0 radical (unpaired) electrons. The highest BCUT2D eigenvalue weighted by atomic mass is 32.2. The van der Waals surface area contributed by atoms with E-state index < -0.39 is 0 Å². The summed E-state index contributed by atoms with van der Waals surface area (Å²) in [4.78, 5) is 18.4. The molecule has 0 bridgehead atoms. The van der Waals surface area contributed by atoms with E-state index >= 15 is 0 Å². The number of aliphatic hydroxyl groups is 1. The minimum atomic E-state index is -0.387. The van der Waals surface area contributed by atoms with Gasteiger partial charge in [0.1, 0.15) is 4.34 Å². The van der Waals surface area contributed by atoms with E-state index in [0.717, 1.165) is 35.2 Å². The molecule has 1 amide bonds. The standard InChI is InChI=1S/C14H23N3O2S2/c1-17(2)5-6-20-14-16-11(9-21-14)7-13(19)15-8-12(18)10-3-4-10/h9-10,12,18H,3-8H2,1-2H3,(H,15,19). The fraction of sp³-hybridized carbons (Fsp3) is 0.714. The van der Waals surface area contributed by atoms with Crippen molar-refractivity contribution in [3.8, 4) is 0 Å². The summed E-state index contributed by atoms with van der Waals surface area (Å²) in [6.07, 6.45) is 2.07. The van der Waals surface area contributed by atoms with E-state index in [9.17, 15) is 9.90 Å². The summed E-state index contributed by atoms with van der Waals surface area (Å²) in [5, 5.41) is 14.4. The molecule has 0 aliphatic heterocycles. The Morgan fingerprint density at radius 2 is 2.38 bits per heavy atom. The second kappa shape index (κ2) is 8.12. The highest BCUT2D eigenvalue weighted by Crippen LogP contribution is 2.32. The average molecular weight is 329 g/mol. The molecule has 1 unspecified atom stereocenters. The largest absolute Gasteiger partial charge is 0.391 e. The predicted molar refractivity (Wildman–Crippen MR) is 86.8 cm³/mol. The quantitative estimate of drug-likeness (QED) is 0.667. The van der Waals surface area contributed by atoms with Gasteiger partial charge in [0, 0.05) is 24.2 Å². The molecule has 0 spiro atoms. The van der Waals surface area contributed by atoms with Crippen molar-refractivity contribution in [2.75, 3.05) is 32.9 Å². The summed E-state index contributed by atoms with van der Waals surface area (Å²) < 4.78 is 1.01. The zero-order chi connectivity index (χ0) is 15.2. The van der Waals surface area contributed by atoms with Crippen LogP contribution >= 0.6 is 23.1 Å². The Morgan fingerprint density at radius 1 is 1.62 bits per heavy atom. The van der Waals surface area contributed by atoms with Gasteiger partial charge in [-0.3, -0.25) is 4.79 Å². The molecule has 1 aromatic rings. The van der Waals surface area contributed by atoms with E-state index in [0.29, 0.717) is 18.9 Å². The molecule has 1 aromatic heterocycles. The van der Waals surface area contributed by atoms with Gasteiger partial charge in [0.05, 0.1) is 18.2 Å². The maximum absolute atomic E-state index is 11.8. The van der Waals surface area contributed by atoms with Crippen LogP contribution in [0.5, 0.6) is 0 Å². The first-order valence-corrected chi connectivity index (χ1v) is 9.08. The van der Waals surface area contributed by atoms with E-state index in [1.807, 2.05) is 19.5 Å². The SMILES string of the molecule is CN(C)CCSc1nc(CC(=O)NCC(O)C2CC2)cs1. The van der Waals surface area contributed by atoms with Crippen LogP contribution < -0.4 is 5.32 Å². The van der Waals surface area contributed by atoms with Crippen molar-refractivity contribution in [2.45, 2.75) is 29.7 Å². The smallest absolute Gasteiger partial charge is 0.226 e. The molecular formula is C14H23N3O2S2. The number of nitrogens with zero attached hydrogens (tertiary/aromatic N) is 2. The summed E-state index contributed by atoms with van der Waals surface area (Å²) in [5.41, 5.74) is 0.811. The van der Waals surface area contributed by atoms with Gasteiger partial charge in [-0.25, -0.2) is 4.98 Å². The molecule has 2 rings (SSSR count). The first-order chi connectivity index (χ1) is 10.0. The van der Waals surface area contributed by atoms with Crippen LogP contribution in [-0.2, 0) is 11.2 Å². The molecule has 118 valence electrons. The first kappa shape index (κ1) is 16.7. The Bertz CT molecular complexity index is 461. The van der Waals surface area contributed by atoms with E-state index in [-0.39, 0.29) is 12.0 Å². The van der Waals surface area contributed by atoms with Crippen molar-refractivity contribution < 1.29 is 9.90 Å². The van der Waals surface area contributed by atoms with E-state index in [1.165, 1.54) is 0 Å². The van der Waals surface area contributed by atoms with Crippen molar-refractivity contribution in [2.24, 2.45) is 5.92 Å². The molecule has 1 atom stereocenters. The van der Waals surface area contributed by atoms with Crippen LogP contribution in [0.4, 0.5) is 0 Å². The number of hydrogen-bond donors (Lipinski definition) is 2. The summed E-state index contributed by atoms with van der Waals surface area (Å²) in [7, 11) is 4.10. The predicted octanol–water partition coefficient (Wildman–Crippen LogP) is 1.23. The number of amides is 1. The van der Waals surface area contributed by atoms with Gasteiger partial charge in [0.25, 0.3) is 0 Å². The highest BCUT2D eigenvalue weighted by Gasteiger charge is 2.29. The third-order valence-corrected chi connectivity index (χ3v) is 5.36. The number of rotatable bonds is 9. The summed E-state index contributed by atoms with van der Waals surface area (Å²) in [6, 6.07) is 0. The van der Waals surface area contributed by atoms with Crippen LogP contribution in [0.15, 0.2) is 9.72 Å². The Labute approximate surface area is 134 Å². The van der Waals surface area contributed by atoms with E-state index in [4.69, 9.17) is 0 Å². The number of aliphatic hydroxyl groups excluding tert-OH is 1. The van der Waals surface area contributed by atoms with Gasteiger partial charge in [-0.2, -0.15) is 0 Å². The zero-order valence-electron chi connectivity index (χ0n) is 12.5. The van der Waals surface area contributed by atoms with Gasteiger partial charge in [0.2, 0.25) is 5.91 Å². The molecule has 1 heterocycles. The normalized spacial score (nSPS) is 16.2. The Hall–Kier alpha value is -0.630. The second-order valence-electron chi connectivity index (χ2n) is 5.64. The van der Waals surface area contributed by atoms with Crippen molar-refractivity contribution in [3.63, 3.8) is 0 Å². The lowest BCUT2D eigenvalue weighted by molar-refractivity contribution is -0.121. The lowest BCUT2D eigenvalue weighted by Crippen LogP contribution is -2.34. The van der Waals surface area contributed by atoms with Crippen molar-refractivity contribution in [3.05, 3.63) is 11.1 Å². The van der Waals surface area contributed by atoms with Gasteiger partial charge in [-0.15, -0.1) is 11.3 Å². The number of thiazole rings is 1. The minimum absolute atomic E-state index is 0.0650.